The Morgan fingerprint density at radius 2 is 1.41 bits per heavy atom. The van der Waals surface area contributed by atoms with Crippen molar-refractivity contribution in [1.82, 2.24) is 0 Å². The van der Waals surface area contributed by atoms with Crippen molar-refractivity contribution < 1.29 is 10.2 Å². The number of hydrogen-bond acceptors (Lipinski definition) is 3. The van der Waals surface area contributed by atoms with E-state index in [-0.39, 0.29) is 11.5 Å². The van der Waals surface area contributed by atoms with Gasteiger partial charge in [-0.25, -0.2) is 0 Å². The van der Waals surface area contributed by atoms with Gasteiger partial charge in [0, 0.05) is 11.8 Å². The molecule has 0 amide bonds. The number of benzene rings is 3. The van der Waals surface area contributed by atoms with Gasteiger partial charge >= 0.3 is 0 Å². The highest BCUT2D eigenvalue weighted by molar-refractivity contribution is 5.86. The van der Waals surface area contributed by atoms with Crippen LogP contribution in [0.1, 0.15) is 5.56 Å². The van der Waals surface area contributed by atoms with Crippen LogP contribution in [0.15, 0.2) is 77.8 Å². The van der Waals surface area contributed by atoms with Crippen molar-refractivity contribution in [2.45, 2.75) is 0 Å². The molecule has 2 N–H and O–H groups in total. The first-order valence-electron chi connectivity index (χ1n) is 6.94. The van der Waals surface area contributed by atoms with E-state index in [2.05, 4.69) is 4.99 Å². The third kappa shape index (κ3) is 2.99. The van der Waals surface area contributed by atoms with Gasteiger partial charge in [0.1, 0.15) is 17.2 Å². The number of aliphatic imine (C=N–C) groups is 1. The fourth-order valence-electron chi connectivity index (χ4n) is 2.18. The van der Waals surface area contributed by atoms with Crippen LogP contribution < -0.4 is 0 Å². The molecule has 0 heterocycles. The maximum atomic E-state index is 10.1. The van der Waals surface area contributed by atoms with E-state index < -0.39 is 0 Å². The van der Waals surface area contributed by atoms with Crippen LogP contribution in [0.2, 0.25) is 0 Å². The molecule has 0 aliphatic carbocycles. The molecular formula is C19H15NO2. The molecule has 0 unspecified atom stereocenters. The zero-order valence-electron chi connectivity index (χ0n) is 11.8. The maximum absolute atomic E-state index is 10.1. The van der Waals surface area contributed by atoms with E-state index in [0.717, 1.165) is 11.1 Å². The van der Waals surface area contributed by atoms with Crippen molar-refractivity contribution in [2.24, 2.45) is 4.99 Å². The Labute approximate surface area is 128 Å². The minimum Gasteiger partial charge on any atom is -0.507 e. The minimum atomic E-state index is 0.105. The summed E-state index contributed by atoms with van der Waals surface area (Å²) in [4.78, 5) is 4.24. The molecule has 0 saturated carbocycles. The van der Waals surface area contributed by atoms with E-state index in [1.165, 1.54) is 6.21 Å². The summed E-state index contributed by atoms with van der Waals surface area (Å²) in [6, 6.07) is 22.1. The molecule has 0 saturated heterocycles. The average molecular weight is 289 g/mol. The van der Waals surface area contributed by atoms with Gasteiger partial charge in [0.2, 0.25) is 0 Å². The van der Waals surface area contributed by atoms with Gasteiger partial charge in [0.05, 0.1) is 0 Å². The number of phenolic OH excluding ortho intramolecular Hbond substituents is 2. The summed E-state index contributed by atoms with van der Waals surface area (Å²) in [6.45, 7) is 0. The number of hydrogen-bond donors (Lipinski definition) is 2. The lowest BCUT2D eigenvalue weighted by Gasteiger charge is -2.04. The third-order valence-corrected chi connectivity index (χ3v) is 3.36. The highest BCUT2D eigenvalue weighted by Crippen LogP contribution is 2.31. The predicted octanol–water partition coefficient (Wildman–Crippen LogP) is 4.52. The molecule has 3 aromatic rings. The van der Waals surface area contributed by atoms with Crippen LogP contribution in [-0.4, -0.2) is 16.4 Å². The molecular weight excluding hydrogens is 274 g/mol. The monoisotopic (exact) mass is 289 g/mol. The number of aromatic hydroxyl groups is 2. The summed E-state index contributed by atoms with van der Waals surface area (Å²) in [5, 5.41) is 19.8. The van der Waals surface area contributed by atoms with E-state index in [9.17, 15) is 10.2 Å². The van der Waals surface area contributed by atoms with Crippen LogP contribution >= 0.6 is 0 Å². The molecule has 3 nitrogen and oxygen atoms in total. The van der Waals surface area contributed by atoms with Crippen molar-refractivity contribution >= 4 is 11.9 Å². The zero-order chi connectivity index (χ0) is 15.4. The first-order valence-corrected chi connectivity index (χ1v) is 6.94. The first kappa shape index (κ1) is 13.9. The van der Waals surface area contributed by atoms with Crippen molar-refractivity contribution in [3.8, 4) is 22.6 Å². The number of nitrogens with zero attached hydrogens (tertiary/aromatic N) is 1. The lowest BCUT2D eigenvalue weighted by Crippen LogP contribution is -1.82. The maximum Gasteiger partial charge on any atom is 0.141 e. The second-order valence-corrected chi connectivity index (χ2v) is 4.89. The fourth-order valence-corrected chi connectivity index (χ4v) is 2.18. The average Bonchev–Trinajstić information content (AvgIpc) is 2.56. The van der Waals surface area contributed by atoms with Gasteiger partial charge in [0.15, 0.2) is 0 Å². The summed E-state index contributed by atoms with van der Waals surface area (Å²) in [5.41, 5.74) is 3.03. The molecule has 0 radical (unpaired) electrons. The second-order valence-electron chi connectivity index (χ2n) is 4.89. The molecule has 3 aromatic carbocycles. The van der Waals surface area contributed by atoms with Crippen LogP contribution in [0.4, 0.5) is 5.69 Å². The molecule has 0 aliphatic rings. The number of rotatable bonds is 3. The number of phenols is 2. The van der Waals surface area contributed by atoms with Gasteiger partial charge in [-0.1, -0.05) is 48.5 Å². The Kier molecular flexibility index (Phi) is 3.88. The fraction of sp³-hybridized carbons (Fsp3) is 0. The van der Waals surface area contributed by atoms with Gasteiger partial charge in [-0.2, -0.15) is 0 Å². The minimum absolute atomic E-state index is 0.105. The largest absolute Gasteiger partial charge is 0.507 e. The molecule has 3 rings (SSSR count). The van der Waals surface area contributed by atoms with E-state index in [0.29, 0.717) is 11.3 Å². The van der Waals surface area contributed by atoms with Crippen molar-refractivity contribution in [3.05, 3.63) is 78.4 Å². The SMILES string of the molecule is Oc1ccccc1C=Nc1ccc(-c2ccccc2)cc1O. The molecule has 0 bridgehead atoms. The Balaban J connectivity index is 1.89. The second kappa shape index (κ2) is 6.14. The normalized spacial score (nSPS) is 10.9. The van der Waals surface area contributed by atoms with Crippen LogP contribution in [-0.2, 0) is 0 Å². The molecule has 108 valence electrons. The van der Waals surface area contributed by atoms with Gasteiger partial charge in [-0.3, -0.25) is 4.99 Å². The van der Waals surface area contributed by atoms with Crippen LogP contribution in [0.3, 0.4) is 0 Å². The Hall–Kier alpha value is -3.07. The topological polar surface area (TPSA) is 52.8 Å². The first-order chi connectivity index (χ1) is 10.7. The Bertz CT molecular complexity index is 811. The van der Waals surface area contributed by atoms with Crippen LogP contribution in [0.5, 0.6) is 11.5 Å². The Morgan fingerprint density at radius 3 is 2.14 bits per heavy atom. The van der Waals surface area contributed by atoms with Gasteiger partial charge in [0.25, 0.3) is 0 Å². The van der Waals surface area contributed by atoms with E-state index in [1.54, 1.807) is 30.3 Å². The van der Waals surface area contributed by atoms with Crippen LogP contribution in [0.25, 0.3) is 11.1 Å². The lowest BCUT2D eigenvalue weighted by molar-refractivity contribution is 0.474. The van der Waals surface area contributed by atoms with Crippen molar-refractivity contribution in [2.75, 3.05) is 0 Å². The summed E-state index contributed by atoms with van der Waals surface area (Å²) in [7, 11) is 0. The molecule has 0 atom stereocenters. The smallest absolute Gasteiger partial charge is 0.141 e. The zero-order valence-corrected chi connectivity index (χ0v) is 11.8. The molecule has 0 spiro atoms. The van der Waals surface area contributed by atoms with Gasteiger partial charge < -0.3 is 10.2 Å². The molecule has 0 fully saturated rings. The van der Waals surface area contributed by atoms with Gasteiger partial charge in [-0.05, 0) is 35.4 Å². The highest BCUT2D eigenvalue weighted by atomic mass is 16.3. The quantitative estimate of drug-likeness (QED) is 0.697. The van der Waals surface area contributed by atoms with Crippen molar-refractivity contribution in [3.63, 3.8) is 0 Å². The predicted molar refractivity (Wildman–Crippen MR) is 88.9 cm³/mol. The van der Waals surface area contributed by atoms with Crippen LogP contribution in [0, 0.1) is 0 Å². The van der Waals surface area contributed by atoms with E-state index in [1.807, 2.05) is 42.5 Å². The van der Waals surface area contributed by atoms with Crippen molar-refractivity contribution in [1.29, 1.82) is 0 Å². The molecule has 0 aliphatic heterocycles. The highest BCUT2D eigenvalue weighted by Gasteiger charge is 2.03. The standard InChI is InChI=1S/C19H15NO2/c21-18-9-5-4-8-16(18)13-20-17-11-10-15(12-19(17)22)14-6-2-1-3-7-14/h1-13,21-22H. The summed E-state index contributed by atoms with van der Waals surface area (Å²) in [5.74, 6) is 0.264. The van der Waals surface area contributed by atoms with E-state index >= 15 is 0 Å². The number of para-hydroxylation sites is 1. The molecule has 0 aromatic heterocycles. The summed E-state index contributed by atoms with van der Waals surface area (Å²) in [6.07, 6.45) is 1.53. The molecule has 22 heavy (non-hydrogen) atoms. The van der Waals surface area contributed by atoms with E-state index in [4.69, 9.17) is 0 Å². The lowest BCUT2D eigenvalue weighted by atomic mass is 10.1. The molecule has 3 heteroatoms. The third-order valence-electron chi connectivity index (χ3n) is 3.36. The Morgan fingerprint density at radius 1 is 0.682 bits per heavy atom. The summed E-state index contributed by atoms with van der Waals surface area (Å²) < 4.78 is 0. The van der Waals surface area contributed by atoms with Gasteiger partial charge in [-0.15, -0.1) is 0 Å². The summed E-state index contributed by atoms with van der Waals surface area (Å²) >= 11 is 0.